The summed E-state index contributed by atoms with van der Waals surface area (Å²) >= 11 is 3.33. The summed E-state index contributed by atoms with van der Waals surface area (Å²) in [5.41, 5.74) is 0.622. The Labute approximate surface area is 123 Å². The van der Waals surface area contributed by atoms with Crippen LogP contribution in [0.15, 0.2) is 22.7 Å². The Hall–Kier alpha value is -0.450. The van der Waals surface area contributed by atoms with Crippen LogP contribution in [-0.2, 0) is 11.3 Å². The van der Waals surface area contributed by atoms with Gasteiger partial charge in [-0.3, -0.25) is 4.90 Å². The van der Waals surface area contributed by atoms with Crippen LogP contribution in [0.3, 0.4) is 0 Å². The summed E-state index contributed by atoms with van der Waals surface area (Å²) in [4.78, 5) is 2.32. The Morgan fingerprint density at radius 1 is 1.21 bits per heavy atom. The average molecular weight is 330 g/mol. The van der Waals surface area contributed by atoms with Crippen molar-refractivity contribution in [1.82, 2.24) is 4.90 Å². The number of morpholine rings is 1. The zero-order valence-corrected chi connectivity index (χ0v) is 13.6. The van der Waals surface area contributed by atoms with Gasteiger partial charge in [-0.1, -0.05) is 12.1 Å². The molecule has 1 aromatic rings. The number of nitrogens with zero attached hydrogens (tertiary/aromatic N) is 1. The minimum Gasteiger partial charge on any atom is -0.367 e. The summed E-state index contributed by atoms with van der Waals surface area (Å²) in [6.45, 7) is 10.8. The summed E-state index contributed by atoms with van der Waals surface area (Å²) in [6, 6.07) is 5.19. The summed E-state index contributed by atoms with van der Waals surface area (Å²) < 4.78 is 20.2. The molecular formula is C15H21BrFNO. The molecule has 19 heavy (non-hydrogen) atoms. The van der Waals surface area contributed by atoms with Crippen LogP contribution in [0.4, 0.5) is 4.39 Å². The molecule has 1 aromatic carbocycles. The third-order valence-corrected chi connectivity index (χ3v) is 4.07. The van der Waals surface area contributed by atoms with Crippen LogP contribution in [0.1, 0.15) is 33.3 Å². The highest BCUT2D eigenvalue weighted by Gasteiger charge is 2.38. The van der Waals surface area contributed by atoms with E-state index in [9.17, 15) is 4.39 Å². The van der Waals surface area contributed by atoms with Crippen molar-refractivity contribution in [3.05, 3.63) is 34.1 Å². The highest BCUT2D eigenvalue weighted by atomic mass is 79.9. The van der Waals surface area contributed by atoms with E-state index in [1.807, 2.05) is 6.07 Å². The Morgan fingerprint density at radius 2 is 1.79 bits per heavy atom. The van der Waals surface area contributed by atoms with E-state index in [1.165, 1.54) is 6.07 Å². The molecule has 0 unspecified atom stereocenters. The maximum Gasteiger partial charge on any atom is 0.137 e. The monoisotopic (exact) mass is 329 g/mol. The Balaban J connectivity index is 2.16. The normalized spacial score (nSPS) is 22.4. The van der Waals surface area contributed by atoms with Gasteiger partial charge in [0.05, 0.1) is 15.7 Å². The van der Waals surface area contributed by atoms with Gasteiger partial charge in [-0.05, 0) is 55.3 Å². The Kier molecular flexibility index (Phi) is 4.05. The molecule has 0 saturated carbocycles. The lowest BCUT2D eigenvalue weighted by Crippen LogP contribution is -2.56. The van der Waals surface area contributed by atoms with Crippen LogP contribution in [0.25, 0.3) is 0 Å². The van der Waals surface area contributed by atoms with Gasteiger partial charge in [0.25, 0.3) is 0 Å². The van der Waals surface area contributed by atoms with Crippen molar-refractivity contribution < 1.29 is 9.13 Å². The summed E-state index contributed by atoms with van der Waals surface area (Å²) in [6.07, 6.45) is 0. The van der Waals surface area contributed by atoms with Gasteiger partial charge in [0.15, 0.2) is 0 Å². The van der Waals surface area contributed by atoms with Crippen molar-refractivity contribution >= 4 is 15.9 Å². The van der Waals surface area contributed by atoms with Gasteiger partial charge < -0.3 is 4.74 Å². The number of rotatable bonds is 2. The second-order valence-electron chi connectivity index (χ2n) is 6.48. The first-order valence-corrected chi connectivity index (χ1v) is 7.33. The predicted molar refractivity (Wildman–Crippen MR) is 78.6 cm³/mol. The predicted octanol–water partition coefficient (Wildman–Crippen LogP) is 3.98. The van der Waals surface area contributed by atoms with Crippen molar-refractivity contribution in [1.29, 1.82) is 0 Å². The first kappa shape index (κ1) is 14.9. The Bertz CT molecular complexity index is 457. The standard InChI is InChI=1S/C15H21BrFNO/c1-14(2)9-18(10-15(3,4)19-14)8-11-6-5-7-12(17)13(11)16/h5-7H,8-10H2,1-4H3. The maximum atomic E-state index is 13.5. The Morgan fingerprint density at radius 3 is 2.37 bits per heavy atom. The van der Waals surface area contributed by atoms with E-state index >= 15 is 0 Å². The van der Waals surface area contributed by atoms with Gasteiger partial charge in [-0.25, -0.2) is 4.39 Å². The maximum absolute atomic E-state index is 13.5. The summed E-state index contributed by atoms with van der Waals surface area (Å²) in [5.74, 6) is -0.204. The molecule has 0 aliphatic carbocycles. The van der Waals surface area contributed by atoms with Crippen LogP contribution in [0, 0.1) is 5.82 Å². The fraction of sp³-hybridized carbons (Fsp3) is 0.600. The van der Waals surface area contributed by atoms with Gasteiger partial charge in [-0.15, -0.1) is 0 Å². The molecule has 0 N–H and O–H groups in total. The van der Waals surface area contributed by atoms with Crippen LogP contribution in [0.2, 0.25) is 0 Å². The quantitative estimate of drug-likeness (QED) is 0.813. The molecule has 0 spiro atoms. The van der Waals surface area contributed by atoms with Crippen LogP contribution in [-0.4, -0.2) is 29.2 Å². The number of hydrogen-bond donors (Lipinski definition) is 0. The smallest absolute Gasteiger partial charge is 0.137 e. The zero-order valence-electron chi connectivity index (χ0n) is 12.0. The van der Waals surface area contributed by atoms with E-state index < -0.39 is 0 Å². The molecule has 4 heteroatoms. The van der Waals surface area contributed by atoms with E-state index in [-0.39, 0.29) is 17.0 Å². The first-order chi connectivity index (χ1) is 8.69. The fourth-order valence-corrected chi connectivity index (χ4v) is 3.36. The first-order valence-electron chi connectivity index (χ1n) is 6.54. The number of halogens is 2. The molecule has 1 fully saturated rings. The highest BCUT2D eigenvalue weighted by Crippen LogP contribution is 2.30. The largest absolute Gasteiger partial charge is 0.367 e. The minimum absolute atomic E-state index is 0.179. The molecule has 0 amide bonds. The van der Waals surface area contributed by atoms with Crippen LogP contribution < -0.4 is 0 Å². The zero-order chi connectivity index (χ0) is 14.3. The molecule has 1 aliphatic rings. The van der Waals surface area contributed by atoms with Gasteiger partial charge in [-0.2, -0.15) is 0 Å². The summed E-state index contributed by atoms with van der Waals surface area (Å²) in [5, 5.41) is 0. The highest BCUT2D eigenvalue weighted by molar-refractivity contribution is 9.10. The van der Waals surface area contributed by atoms with Crippen molar-refractivity contribution in [2.75, 3.05) is 13.1 Å². The van der Waals surface area contributed by atoms with Crippen LogP contribution in [0.5, 0.6) is 0 Å². The van der Waals surface area contributed by atoms with Crippen LogP contribution >= 0.6 is 15.9 Å². The molecule has 2 nitrogen and oxygen atoms in total. The second kappa shape index (κ2) is 5.15. The number of hydrogen-bond acceptors (Lipinski definition) is 2. The molecule has 0 aromatic heterocycles. The van der Waals surface area contributed by atoms with E-state index in [4.69, 9.17) is 4.74 Å². The molecule has 2 rings (SSSR count). The van der Waals surface area contributed by atoms with Crippen molar-refractivity contribution in [2.45, 2.75) is 45.4 Å². The lowest BCUT2D eigenvalue weighted by molar-refractivity contribution is -0.182. The lowest BCUT2D eigenvalue weighted by atomic mass is 9.98. The van der Waals surface area contributed by atoms with E-state index in [0.717, 1.165) is 25.2 Å². The third-order valence-electron chi connectivity index (χ3n) is 3.19. The lowest BCUT2D eigenvalue weighted by Gasteiger charge is -2.47. The molecule has 0 bridgehead atoms. The van der Waals surface area contributed by atoms with Gasteiger partial charge in [0.1, 0.15) is 5.82 Å². The second-order valence-corrected chi connectivity index (χ2v) is 7.27. The molecule has 1 heterocycles. The van der Waals surface area contributed by atoms with Crippen molar-refractivity contribution in [3.8, 4) is 0 Å². The minimum atomic E-state index is -0.204. The molecule has 0 atom stereocenters. The fourth-order valence-electron chi connectivity index (χ4n) is 2.97. The molecule has 1 aliphatic heterocycles. The summed E-state index contributed by atoms with van der Waals surface area (Å²) in [7, 11) is 0. The van der Waals surface area contributed by atoms with E-state index in [2.05, 4.69) is 48.5 Å². The molecule has 106 valence electrons. The number of benzene rings is 1. The molecule has 1 saturated heterocycles. The average Bonchev–Trinajstić information content (AvgIpc) is 2.20. The van der Waals surface area contributed by atoms with Gasteiger partial charge in [0, 0.05) is 19.6 Å². The van der Waals surface area contributed by atoms with Gasteiger partial charge in [0.2, 0.25) is 0 Å². The van der Waals surface area contributed by atoms with Gasteiger partial charge >= 0.3 is 0 Å². The number of ether oxygens (including phenoxy) is 1. The van der Waals surface area contributed by atoms with E-state index in [0.29, 0.717) is 4.47 Å². The van der Waals surface area contributed by atoms with Crippen molar-refractivity contribution in [2.24, 2.45) is 0 Å². The molecular weight excluding hydrogens is 309 g/mol. The topological polar surface area (TPSA) is 12.5 Å². The molecule has 0 radical (unpaired) electrons. The SMILES string of the molecule is CC1(C)CN(Cc2cccc(F)c2Br)CC(C)(C)O1. The van der Waals surface area contributed by atoms with E-state index in [1.54, 1.807) is 6.07 Å². The van der Waals surface area contributed by atoms with Crippen molar-refractivity contribution in [3.63, 3.8) is 0 Å². The third kappa shape index (κ3) is 3.77.